The van der Waals surface area contributed by atoms with Gasteiger partial charge in [0.05, 0.1) is 19.1 Å². The highest BCUT2D eigenvalue weighted by Crippen LogP contribution is 2.23. The molecule has 2 aliphatic heterocycles. The van der Waals surface area contributed by atoms with E-state index in [2.05, 4.69) is 33.5 Å². The quantitative estimate of drug-likeness (QED) is 0.458. The summed E-state index contributed by atoms with van der Waals surface area (Å²) in [5.41, 5.74) is 1.48. The highest BCUT2D eigenvalue weighted by atomic mass is 32.1. The molecule has 1 fully saturated rings. The van der Waals surface area contributed by atoms with Crippen molar-refractivity contribution in [2.45, 2.75) is 39.7 Å². The fourth-order valence-electron chi connectivity index (χ4n) is 3.84. The molecule has 7 heteroatoms. The van der Waals surface area contributed by atoms with Gasteiger partial charge in [-0.1, -0.05) is 0 Å². The minimum Gasteiger partial charge on any atom is -0.466 e. The molecule has 1 atom stereocenters. The highest BCUT2D eigenvalue weighted by Gasteiger charge is 2.28. The summed E-state index contributed by atoms with van der Waals surface area (Å²) in [4.78, 5) is 23.2. The number of carbonyl (C=O) groups is 1. The number of ether oxygens (including phenoxy) is 1. The van der Waals surface area contributed by atoms with Gasteiger partial charge < -0.3 is 15.0 Å². The fraction of sp³-hybridized carbons (Fsp3) is 0.700. The van der Waals surface area contributed by atoms with E-state index in [0.29, 0.717) is 13.2 Å². The zero-order valence-electron chi connectivity index (χ0n) is 16.6. The second-order valence-corrected chi connectivity index (χ2v) is 8.17. The number of nitrogens with one attached hydrogen (secondary N) is 1. The van der Waals surface area contributed by atoms with Gasteiger partial charge in [0.25, 0.3) is 0 Å². The summed E-state index contributed by atoms with van der Waals surface area (Å²) in [6.07, 6.45) is 3.07. The molecule has 3 rings (SSSR count). The van der Waals surface area contributed by atoms with Crippen molar-refractivity contribution >= 4 is 23.3 Å². The maximum Gasteiger partial charge on any atom is 0.310 e. The third kappa shape index (κ3) is 5.45. The summed E-state index contributed by atoms with van der Waals surface area (Å²) in [5, 5.41) is 5.60. The molecule has 0 aliphatic carbocycles. The fourth-order valence-corrected chi connectivity index (χ4v) is 4.73. The molecule has 0 saturated carbocycles. The van der Waals surface area contributed by atoms with E-state index in [0.717, 1.165) is 64.5 Å². The molecular weight excluding hydrogens is 360 g/mol. The lowest BCUT2D eigenvalue weighted by Gasteiger charge is -2.34. The number of nitrogens with zero attached hydrogens (tertiary/aromatic N) is 3. The van der Waals surface area contributed by atoms with E-state index in [4.69, 9.17) is 9.73 Å². The molecule has 1 unspecified atom stereocenters. The van der Waals surface area contributed by atoms with Crippen LogP contribution in [0.1, 0.15) is 37.1 Å². The minimum absolute atomic E-state index is 0.0401. The van der Waals surface area contributed by atoms with Gasteiger partial charge in [-0.05, 0) is 50.1 Å². The normalized spacial score (nSPS) is 21.0. The summed E-state index contributed by atoms with van der Waals surface area (Å²) in [6.45, 7) is 10.8. The van der Waals surface area contributed by atoms with Crippen molar-refractivity contribution in [1.82, 2.24) is 15.1 Å². The molecule has 2 aliphatic rings. The van der Waals surface area contributed by atoms with Crippen LogP contribution in [0.4, 0.5) is 0 Å². The van der Waals surface area contributed by atoms with Crippen molar-refractivity contribution < 1.29 is 9.53 Å². The Morgan fingerprint density at radius 1 is 1.41 bits per heavy atom. The molecule has 1 N–H and O–H groups in total. The first-order chi connectivity index (χ1) is 13.2. The first-order valence-corrected chi connectivity index (χ1v) is 11.1. The zero-order valence-corrected chi connectivity index (χ0v) is 17.4. The van der Waals surface area contributed by atoms with Crippen LogP contribution in [0.25, 0.3) is 0 Å². The third-order valence-electron chi connectivity index (χ3n) is 5.24. The minimum atomic E-state index is -0.0714. The van der Waals surface area contributed by atoms with Gasteiger partial charge in [0.2, 0.25) is 0 Å². The van der Waals surface area contributed by atoms with Crippen molar-refractivity contribution in [2.75, 3.05) is 45.9 Å². The smallest absolute Gasteiger partial charge is 0.310 e. The van der Waals surface area contributed by atoms with Crippen LogP contribution in [-0.4, -0.2) is 67.6 Å². The second-order valence-electron chi connectivity index (χ2n) is 7.17. The number of hydrogen-bond acceptors (Lipinski definition) is 5. The standard InChI is InChI=1S/C20H32N4O2S/c1-3-21-20(24-10-5-6-17(15-24)19(25)26-4-2)22-9-12-23-11-7-18-16(14-23)8-13-27-18/h8,13,17H,3-7,9-12,14-15H2,1-2H3,(H,21,22). The van der Waals surface area contributed by atoms with Gasteiger partial charge in [-0.2, -0.15) is 0 Å². The molecule has 27 heavy (non-hydrogen) atoms. The molecule has 0 bridgehead atoms. The first-order valence-electron chi connectivity index (χ1n) is 10.2. The number of guanidine groups is 1. The van der Waals surface area contributed by atoms with Gasteiger partial charge in [-0.3, -0.25) is 14.7 Å². The number of rotatable bonds is 6. The van der Waals surface area contributed by atoms with Gasteiger partial charge in [0.1, 0.15) is 0 Å². The first kappa shape index (κ1) is 20.1. The van der Waals surface area contributed by atoms with Crippen molar-refractivity contribution in [3.8, 4) is 0 Å². The molecule has 0 amide bonds. The van der Waals surface area contributed by atoms with Crippen LogP contribution < -0.4 is 5.32 Å². The summed E-state index contributed by atoms with van der Waals surface area (Å²) < 4.78 is 5.22. The average molecular weight is 393 g/mol. The maximum atomic E-state index is 12.1. The van der Waals surface area contributed by atoms with Crippen LogP contribution >= 0.6 is 11.3 Å². The van der Waals surface area contributed by atoms with Crippen LogP contribution in [0.3, 0.4) is 0 Å². The van der Waals surface area contributed by atoms with Crippen LogP contribution in [-0.2, 0) is 22.5 Å². The summed E-state index contributed by atoms with van der Waals surface area (Å²) in [5.74, 6) is 0.819. The Kier molecular flexibility index (Phi) is 7.52. The lowest BCUT2D eigenvalue weighted by atomic mass is 9.98. The Morgan fingerprint density at radius 2 is 2.30 bits per heavy atom. The van der Waals surface area contributed by atoms with Gasteiger partial charge >= 0.3 is 5.97 Å². The lowest BCUT2D eigenvalue weighted by molar-refractivity contribution is -0.149. The number of piperidine rings is 1. The number of likely N-dealkylation sites (tertiary alicyclic amines) is 1. The van der Waals surface area contributed by atoms with Gasteiger partial charge in [0.15, 0.2) is 5.96 Å². The van der Waals surface area contributed by atoms with Gasteiger partial charge in [-0.25, -0.2) is 0 Å². The van der Waals surface area contributed by atoms with E-state index >= 15 is 0 Å². The lowest BCUT2D eigenvalue weighted by Crippen LogP contribution is -2.48. The number of esters is 1. The van der Waals surface area contributed by atoms with Crippen LogP contribution in [0.15, 0.2) is 16.4 Å². The molecule has 0 radical (unpaired) electrons. The van der Waals surface area contributed by atoms with Crippen molar-refractivity contribution in [1.29, 1.82) is 0 Å². The largest absolute Gasteiger partial charge is 0.466 e. The van der Waals surface area contributed by atoms with E-state index in [1.54, 1.807) is 4.88 Å². The number of aliphatic imine (C=N–C) groups is 1. The maximum absolute atomic E-state index is 12.1. The SMILES string of the molecule is CCNC(=NCCN1CCc2sccc2C1)N1CCCC(C(=O)OCC)C1. The van der Waals surface area contributed by atoms with Crippen LogP contribution in [0.2, 0.25) is 0 Å². The van der Waals surface area contributed by atoms with Crippen molar-refractivity contribution in [2.24, 2.45) is 10.9 Å². The average Bonchev–Trinajstić information content (AvgIpc) is 3.15. The monoisotopic (exact) mass is 392 g/mol. The molecule has 1 aromatic heterocycles. The second kappa shape index (κ2) is 10.1. The summed E-state index contributed by atoms with van der Waals surface area (Å²) in [6, 6.07) is 2.25. The molecule has 150 valence electrons. The van der Waals surface area contributed by atoms with E-state index < -0.39 is 0 Å². The summed E-state index contributed by atoms with van der Waals surface area (Å²) >= 11 is 1.88. The van der Waals surface area contributed by atoms with Crippen molar-refractivity contribution in [3.05, 3.63) is 21.9 Å². The molecule has 1 saturated heterocycles. The Labute approximate surface area is 166 Å². The Balaban J connectivity index is 1.54. The topological polar surface area (TPSA) is 57.2 Å². The third-order valence-corrected chi connectivity index (χ3v) is 6.26. The Hall–Kier alpha value is -1.60. The number of fused-ring (bicyclic) bond motifs is 1. The van der Waals surface area contributed by atoms with Gasteiger partial charge in [-0.15, -0.1) is 11.3 Å². The van der Waals surface area contributed by atoms with Gasteiger partial charge in [0, 0.05) is 44.1 Å². The number of carbonyl (C=O) groups excluding carboxylic acids is 1. The molecule has 6 nitrogen and oxygen atoms in total. The highest BCUT2D eigenvalue weighted by molar-refractivity contribution is 7.10. The van der Waals surface area contributed by atoms with E-state index in [1.807, 2.05) is 18.3 Å². The zero-order chi connectivity index (χ0) is 19.1. The molecule has 3 heterocycles. The van der Waals surface area contributed by atoms with Crippen molar-refractivity contribution in [3.63, 3.8) is 0 Å². The van der Waals surface area contributed by atoms with Crippen LogP contribution in [0.5, 0.6) is 0 Å². The molecule has 0 spiro atoms. The molecular formula is C20H32N4O2S. The molecule has 1 aromatic rings. The van der Waals surface area contributed by atoms with E-state index in [9.17, 15) is 4.79 Å². The Bertz CT molecular complexity index is 646. The van der Waals surface area contributed by atoms with Crippen LogP contribution in [0, 0.1) is 5.92 Å². The predicted octanol–water partition coefficient (Wildman–Crippen LogP) is 2.35. The number of hydrogen-bond donors (Lipinski definition) is 1. The van der Waals surface area contributed by atoms with E-state index in [1.165, 1.54) is 5.56 Å². The van der Waals surface area contributed by atoms with E-state index in [-0.39, 0.29) is 11.9 Å². The molecule has 0 aromatic carbocycles. The predicted molar refractivity (Wildman–Crippen MR) is 110 cm³/mol. The Morgan fingerprint density at radius 3 is 3.11 bits per heavy atom. The number of thiophene rings is 1. The summed E-state index contributed by atoms with van der Waals surface area (Å²) in [7, 11) is 0.